The Morgan fingerprint density at radius 2 is 2.03 bits per heavy atom. The second-order valence-corrected chi connectivity index (χ2v) is 8.12. The number of fused-ring (bicyclic) bond motifs is 1. The lowest BCUT2D eigenvalue weighted by molar-refractivity contribution is -0.138. The van der Waals surface area contributed by atoms with Gasteiger partial charge in [0.25, 0.3) is 0 Å². The van der Waals surface area contributed by atoms with E-state index in [1.165, 1.54) is 29.0 Å². The van der Waals surface area contributed by atoms with Crippen LogP contribution in [0.15, 0.2) is 12.7 Å². The van der Waals surface area contributed by atoms with E-state index >= 15 is 0 Å². The fourth-order valence-electron chi connectivity index (χ4n) is 3.09. The van der Waals surface area contributed by atoms with Gasteiger partial charge in [-0.05, 0) is 12.2 Å². The number of rotatable bonds is 11. The van der Waals surface area contributed by atoms with E-state index in [1.54, 1.807) is 0 Å². The molecule has 0 amide bonds. The summed E-state index contributed by atoms with van der Waals surface area (Å²) in [4.78, 5) is 33.9. The molecule has 14 heteroatoms. The van der Waals surface area contributed by atoms with Crippen molar-refractivity contribution < 1.29 is 34.8 Å². The molecule has 1 saturated heterocycles. The van der Waals surface area contributed by atoms with Gasteiger partial charge in [-0.2, -0.15) is 11.8 Å². The molecule has 13 nitrogen and oxygen atoms in total. The van der Waals surface area contributed by atoms with Gasteiger partial charge >= 0.3 is 11.9 Å². The maximum absolute atomic E-state index is 10.8. The third-order valence-electron chi connectivity index (χ3n) is 4.77. The van der Waals surface area contributed by atoms with Crippen LogP contribution in [0, 0.1) is 0 Å². The Morgan fingerprint density at radius 3 is 2.74 bits per heavy atom. The number of aliphatic carboxylic acids is 2. The number of nitrogens with one attached hydrogen (secondary N) is 1. The van der Waals surface area contributed by atoms with Crippen LogP contribution in [0.2, 0.25) is 0 Å². The minimum Gasteiger partial charge on any atom is -0.481 e. The number of nitrogens with zero attached hydrogens (tertiary/aromatic N) is 4. The Labute approximate surface area is 180 Å². The molecule has 3 heterocycles. The van der Waals surface area contributed by atoms with Gasteiger partial charge in [-0.1, -0.05) is 0 Å². The first-order valence-corrected chi connectivity index (χ1v) is 10.7. The summed E-state index contributed by atoms with van der Waals surface area (Å²) in [6.07, 6.45) is -1.15. The highest BCUT2D eigenvalue weighted by molar-refractivity contribution is 7.99. The number of hydrogen-bond donors (Lipinski definition) is 6. The van der Waals surface area contributed by atoms with Crippen molar-refractivity contribution in [2.75, 3.05) is 23.4 Å². The molecule has 1 aliphatic rings. The lowest BCUT2D eigenvalue weighted by Crippen LogP contribution is -2.33. The molecule has 0 saturated carbocycles. The van der Waals surface area contributed by atoms with E-state index in [0.29, 0.717) is 28.5 Å². The molecule has 0 aromatic carbocycles. The van der Waals surface area contributed by atoms with E-state index < -0.39 is 42.5 Å². The molecular formula is C17H24N6O7S. The predicted octanol–water partition coefficient (Wildman–Crippen LogP) is -1.13. The van der Waals surface area contributed by atoms with Gasteiger partial charge in [-0.15, -0.1) is 0 Å². The van der Waals surface area contributed by atoms with Crippen LogP contribution in [-0.2, 0) is 14.3 Å². The van der Waals surface area contributed by atoms with Gasteiger partial charge in [0.15, 0.2) is 23.2 Å². The summed E-state index contributed by atoms with van der Waals surface area (Å²) in [7, 11) is 0. The fourth-order valence-corrected chi connectivity index (χ4v) is 4.18. The zero-order valence-corrected chi connectivity index (χ0v) is 17.2. The number of anilines is 1. The second-order valence-electron chi connectivity index (χ2n) is 6.97. The van der Waals surface area contributed by atoms with Crippen LogP contribution in [0.25, 0.3) is 11.2 Å². The maximum atomic E-state index is 10.8. The number of ether oxygens (including phenoxy) is 1. The maximum Gasteiger partial charge on any atom is 0.320 e. The third-order valence-corrected chi connectivity index (χ3v) is 5.86. The van der Waals surface area contributed by atoms with Crippen LogP contribution in [0.4, 0.5) is 5.82 Å². The predicted molar refractivity (Wildman–Crippen MR) is 110 cm³/mol. The first-order chi connectivity index (χ1) is 14.8. The quantitative estimate of drug-likeness (QED) is 0.222. The summed E-state index contributed by atoms with van der Waals surface area (Å²) in [6.45, 7) is 0.153. The number of aromatic nitrogens is 4. The normalized spacial score (nSPS) is 24.4. The molecule has 2 aromatic heterocycles. The van der Waals surface area contributed by atoms with E-state index in [-0.39, 0.29) is 19.4 Å². The molecule has 0 spiro atoms. The van der Waals surface area contributed by atoms with E-state index in [9.17, 15) is 19.8 Å². The number of aliphatic hydroxyl groups is 2. The van der Waals surface area contributed by atoms with Gasteiger partial charge in [-0.25, -0.2) is 15.0 Å². The van der Waals surface area contributed by atoms with Crippen LogP contribution in [-0.4, -0.2) is 94.3 Å². The van der Waals surface area contributed by atoms with Gasteiger partial charge in [0.2, 0.25) is 0 Å². The zero-order chi connectivity index (χ0) is 22.5. The number of nitrogens with two attached hydrogens (primary N) is 1. The number of thioether (sulfide) groups is 1. The number of aliphatic hydroxyl groups excluding tert-OH is 2. The Morgan fingerprint density at radius 1 is 1.26 bits per heavy atom. The third kappa shape index (κ3) is 5.40. The molecule has 7 N–H and O–H groups in total. The molecular weight excluding hydrogens is 432 g/mol. The minimum atomic E-state index is -1.23. The van der Waals surface area contributed by atoms with Crippen molar-refractivity contribution in [1.82, 2.24) is 19.5 Å². The molecule has 0 radical (unpaired) electrons. The highest BCUT2D eigenvalue weighted by Crippen LogP contribution is 2.33. The highest BCUT2D eigenvalue weighted by Gasteiger charge is 2.44. The number of carboxylic acids is 2. The summed E-state index contributed by atoms with van der Waals surface area (Å²) < 4.78 is 7.33. The molecule has 0 aliphatic carbocycles. The topological polar surface area (TPSA) is 206 Å². The van der Waals surface area contributed by atoms with Crippen LogP contribution < -0.4 is 11.1 Å². The average molecular weight is 456 g/mol. The highest BCUT2D eigenvalue weighted by atomic mass is 32.2. The molecule has 3 rings (SSSR count). The van der Waals surface area contributed by atoms with Crippen molar-refractivity contribution >= 4 is 40.7 Å². The van der Waals surface area contributed by atoms with Crippen molar-refractivity contribution in [3.8, 4) is 0 Å². The lowest BCUT2D eigenvalue weighted by Gasteiger charge is -2.16. The minimum absolute atomic E-state index is 0.0977. The fraction of sp³-hybridized carbons (Fsp3) is 0.588. The summed E-state index contributed by atoms with van der Waals surface area (Å²) in [5.41, 5.74) is 6.19. The van der Waals surface area contributed by atoms with Crippen LogP contribution in [0.3, 0.4) is 0 Å². The number of carbonyl (C=O) groups is 2. The summed E-state index contributed by atoms with van der Waals surface area (Å²) >= 11 is 1.37. The largest absolute Gasteiger partial charge is 0.481 e. The van der Waals surface area contributed by atoms with Gasteiger partial charge in [0, 0.05) is 12.3 Å². The SMILES string of the molecule is N[C@@H](CCSCC1OC(n2cnc3c(NCCC(=O)O)ncnc32)C(O)C1O)C(=O)O. The van der Waals surface area contributed by atoms with Crippen molar-refractivity contribution in [1.29, 1.82) is 0 Å². The van der Waals surface area contributed by atoms with Crippen molar-refractivity contribution in [3.63, 3.8) is 0 Å². The standard InChI is InChI=1S/C17H24N6O7S/c18-8(17(28)29)2-4-31-5-9-12(26)13(27)16(30-9)23-7-22-11-14(19-3-1-10(24)25)20-6-21-15(11)23/h6-9,12-13,16,26-27H,1-5,18H2,(H,24,25)(H,28,29)(H,19,20,21)/t8-,9?,12?,13?,16?/m0/s1. The molecule has 2 aromatic rings. The van der Waals surface area contributed by atoms with E-state index in [4.69, 9.17) is 20.7 Å². The first-order valence-electron chi connectivity index (χ1n) is 9.50. The molecule has 5 atom stereocenters. The average Bonchev–Trinajstić information content (AvgIpc) is 3.27. The Hall–Kier alpha value is -2.52. The number of carboxylic acid groups (broad SMARTS) is 2. The second kappa shape index (κ2) is 10.2. The Balaban J connectivity index is 1.65. The van der Waals surface area contributed by atoms with E-state index in [2.05, 4.69) is 20.3 Å². The van der Waals surface area contributed by atoms with Gasteiger partial charge < -0.3 is 36.2 Å². The van der Waals surface area contributed by atoms with E-state index in [0.717, 1.165) is 0 Å². The lowest BCUT2D eigenvalue weighted by atomic mass is 10.1. The molecule has 31 heavy (non-hydrogen) atoms. The first kappa shape index (κ1) is 23.1. The van der Waals surface area contributed by atoms with Gasteiger partial charge in [-0.3, -0.25) is 14.2 Å². The number of imidazole rings is 1. The van der Waals surface area contributed by atoms with Crippen LogP contribution in [0.1, 0.15) is 19.1 Å². The Kier molecular flexibility index (Phi) is 7.61. The van der Waals surface area contributed by atoms with Gasteiger partial charge in [0.05, 0.1) is 18.9 Å². The summed E-state index contributed by atoms with van der Waals surface area (Å²) in [5, 5.41) is 41.3. The van der Waals surface area contributed by atoms with Crippen LogP contribution in [0.5, 0.6) is 0 Å². The molecule has 0 bridgehead atoms. The molecule has 1 fully saturated rings. The molecule has 1 aliphatic heterocycles. The van der Waals surface area contributed by atoms with Crippen molar-refractivity contribution in [3.05, 3.63) is 12.7 Å². The van der Waals surface area contributed by atoms with E-state index in [1.807, 2.05) is 0 Å². The van der Waals surface area contributed by atoms with Crippen molar-refractivity contribution in [2.24, 2.45) is 5.73 Å². The Bertz CT molecular complexity index is 928. The monoisotopic (exact) mass is 456 g/mol. The number of hydrogen-bond acceptors (Lipinski definition) is 11. The van der Waals surface area contributed by atoms with Gasteiger partial charge in [0.1, 0.15) is 24.6 Å². The summed E-state index contributed by atoms with van der Waals surface area (Å²) in [6, 6.07) is -0.949. The molecule has 170 valence electrons. The van der Waals surface area contributed by atoms with Crippen molar-refractivity contribution in [2.45, 2.75) is 43.4 Å². The summed E-state index contributed by atoms with van der Waals surface area (Å²) in [5.74, 6) is -0.870. The van der Waals surface area contributed by atoms with Crippen LogP contribution >= 0.6 is 11.8 Å². The zero-order valence-electron chi connectivity index (χ0n) is 16.4. The molecule has 4 unspecified atom stereocenters. The smallest absolute Gasteiger partial charge is 0.320 e.